The van der Waals surface area contributed by atoms with E-state index < -0.39 is 12.1 Å². The number of nitrogens with zero attached hydrogens (tertiary/aromatic N) is 2. The molecule has 6 nitrogen and oxygen atoms in total. The Balaban J connectivity index is 1.24. The lowest BCUT2D eigenvalue weighted by molar-refractivity contribution is -0.154. The molecule has 2 fully saturated rings. The predicted molar refractivity (Wildman–Crippen MR) is 115 cm³/mol. The molecule has 2 heterocycles. The van der Waals surface area contributed by atoms with E-state index in [1.165, 1.54) is 5.56 Å². The van der Waals surface area contributed by atoms with Crippen molar-refractivity contribution >= 4 is 11.8 Å². The van der Waals surface area contributed by atoms with Crippen LogP contribution in [0.25, 0.3) is 0 Å². The quantitative estimate of drug-likeness (QED) is 0.726. The van der Waals surface area contributed by atoms with E-state index in [1.807, 2.05) is 36.4 Å². The van der Waals surface area contributed by atoms with Gasteiger partial charge < -0.3 is 15.0 Å². The molecule has 4 rings (SSSR count). The highest BCUT2D eigenvalue weighted by molar-refractivity contribution is 5.97. The second kappa shape index (κ2) is 9.87. The minimum atomic E-state index is -0.595. The van der Waals surface area contributed by atoms with Crippen LogP contribution in [0, 0.1) is 0 Å². The fourth-order valence-electron chi connectivity index (χ4n) is 4.19. The molecule has 1 N–H and O–H groups in total. The first-order valence-electron chi connectivity index (χ1n) is 10.7. The number of nitrogens with one attached hydrogen (secondary N) is 1. The van der Waals surface area contributed by atoms with Gasteiger partial charge in [0, 0.05) is 19.6 Å². The number of amides is 2. The summed E-state index contributed by atoms with van der Waals surface area (Å²) in [6.45, 7) is 3.57. The van der Waals surface area contributed by atoms with Crippen molar-refractivity contribution in [2.45, 2.75) is 31.5 Å². The molecule has 30 heavy (non-hydrogen) atoms. The van der Waals surface area contributed by atoms with Gasteiger partial charge in [-0.1, -0.05) is 60.7 Å². The van der Waals surface area contributed by atoms with Crippen LogP contribution in [-0.4, -0.2) is 66.5 Å². The monoisotopic (exact) mass is 407 g/mol. The Hall–Kier alpha value is -2.70. The lowest BCUT2D eigenvalue weighted by Gasteiger charge is -2.45. The van der Waals surface area contributed by atoms with Crippen molar-refractivity contribution in [1.82, 2.24) is 15.1 Å². The first-order valence-corrected chi connectivity index (χ1v) is 10.7. The van der Waals surface area contributed by atoms with Crippen LogP contribution in [0.15, 0.2) is 60.7 Å². The molecule has 158 valence electrons. The standard InChI is InChI=1S/C24H29N3O3/c28-23-22-16-26(13-7-12-19-8-3-1-4-9-19)14-15-27(22)24(29)21(25-23)18-30-17-20-10-5-2-6-11-20/h1-6,8-11,21-22H,7,12-18H2,(H,25,28)/t21-,22+/m0/s1. The second-order valence-electron chi connectivity index (χ2n) is 8.00. The first-order chi connectivity index (χ1) is 14.7. The molecule has 0 radical (unpaired) electrons. The highest BCUT2D eigenvalue weighted by Gasteiger charge is 2.43. The predicted octanol–water partition coefficient (Wildman–Crippen LogP) is 1.85. The fraction of sp³-hybridized carbons (Fsp3) is 0.417. The van der Waals surface area contributed by atoms with Gasteiger partial charge in [-0.3, -0.25) is 14.5 Å². The Labute approximate surface area is 177 Å². The van der Waals surface area contributed by atoms with Gasteiger partial charge in [0.15, 0.2) is 0 Å². The summed E-state index contributed by atoms with van der Waals surface area (Å²) >= 11 is 0. The highest BCUT2D eigenvalue weighted by Crippen LogP contribution is 2.17. The lowest BCUT2D eigenvalue weighted by Crippen LogP contribution is -2.70. The third-order valence-corrected chi connectivity index (χ3v) is 5.84. The Bertz CT molecular complexity index is 843. The van der Waals surface area contributed by atoms with Crippen molar-refractivity contribution in [1.29, 1.82) is 0 Å². The number of rotatable bonds is 8. The first kappa shape index (κ1) is 20.6. The molecule has 2 saturated heterocycles. The molecule has 0 unspecified atom stereocenters. The Morgan fingerprint density at radius 3 is 2.37 bits per heavy atom. The number of carbonyl (C=O) groups is 2. The number of fused-ring (bicyclic) bond motifs is 1. The molecule has 0 aromatic heterocycles. The molecule has 2 aromatic rings. The van der Waals surface area contributed by atoms with E-state index in [4.69, 9.17) is 4.74 Å². The van der Waals surface area contributed by atoms with Gasteiger partial charge in [-0.2, -0.15) is 0 Å². The summed E-state index contributed by atoms with van der Waals surface area (Å²) in [6.07, 6.45) is 2.07. The largest absolute Gasteiger partial charge is 0.374 e. The average Bonchev–Trinajstić information content (AvgIpc) is 2.78. The van der Waals surface area contributed by atoms with E-state index in [0.29, 0.717) is 19.7 Å². The van der Waals surface area contributed by atoms with Crippen LogP contribution in [-0.2, 0) is 27.4 Å². The maximum absolute atomic E-state index is 12.9. The molecule has 0 bridgehead atoms. The average molecular weight is 408 g/mol. The van der Waals surface area contributed by atoms with E-state index in [1.54, 1.807) is 4.90 Å². The molecule has 0 aliphatic carbocycles. The van der Waals surface area contributed by atoms with Gasteiger partial charge in [0.1, 0.15) is 12.1 Å². The zero-order valence-corrected chi connectivity index (χ0v) is 17.2. The van der Waals surface area contributed by atoms with Gasteiger partial charge in [0.25, 0.3) is 0 Å². The van der Waals surface area contributed by atoms with Gasteiger partial charge in [0.2, 0.25) is 11.8 Å². The van der Waals surface area contributed by atoms with Crippen molar-refractivity contribution in [3.8, 4) is 0 Å². The zero-order chi connectivity index (χ0) is 20.8. The topological polar surface area (TPSA) is 61.9 Å². The van der Waals surface area contributed by atoms with Crippen LogP contribution >= 0.6 is 0 Å². The van der Waals surface area contributed by atoms with E-state index in [-0.39, 0.29) is 18.4 Å². The number of hydrogen-bond donors (Lipinski definition) is 1. The molecule has 2 atom stereocenters. The SMILES string of the molecule is O=C1N[C@@H](COCc2ccccc2)C(=O)N2CCN(CCCc3ccccc3)C[C@H]12. The summed E-state index contributed by atoms with van der Waals surface area (Å²) in [6, 6.07) is 19.3. The fourth-order valence-corrected chi connectivity index (χ4v) is 4.19. The number of aryl methyl sites for hydroxylation is 1. The molecular weight excluding hydrogens is 378 g/mol. The molecule has 0 spiro atoms. The minimum absolute atomic E-state index is 0.0309. The van der Waals surface area contributed by atoms with Crippen LogP contribution in [0.5, 0.6) is 0 Å². The Morgan fingerprint density at radius 1 is 0.933 bits per heavy atom. The summed E-state index contributed by atoms with van der Waals surface area (Å²) in [5, 5.41) is 2.87. The van der Waals surface area contributed by atoms with Crippen molar-refractivity contribution in [2.75, 3.05) is 32.8 Å². The van der Waals surface area contributed by atoms with Gasteiger partial charge in [-0.15, -0.1) is 0 Å². The number of piperazine rings is 2. The van der Waals surface area contributed by atoms with Crippen LogP contribution in [0.3, 0.4) is 0 Å². The molecule has 0 saturated carbocycles. The maximum Gasteiger partial charge on any atom is 0.248 e. The van der Waals surface area contributed by atoms with E-state index >= 15 is 0 Å². The second-order valence-corrected chi connectivity index (χ2v) is 8.00. The van der Waals surface area contributed by atoms with Crippen molar-refractivity contribution in [3.63, 3.8) is 0 Å². The Kier molecular flexibility index (Phi) is 6.77. The third kappa shape index (κ3) is 5.07. The van der Waals surface area contributed by atoms with Gasteiger partial charge in [-0.05, 0) is 30.5 Å². The van der Waals surface area contributed by atoms with E-state index in [2.05, 4.69) is 34.5 Å². The van der Waals surface area contributed by atoms with Gasteiger partial charge >= 0.3 is 0 Å². The summed E-state index contributed by atoms with van der Waals surface area (Å²) in [7, 11) is 0. The van der Waals surface area contributed by atoms with Crippen molar-refractivity contribution in [2.24, 2.45) is 0 Å². The molecular formula is C24H29N3O3. The molecule has 2 aliphatic rings. The van der Waals surface area contributed by atoms with Crippen LogP contribution in [0.4, 0.5) is 0 Å². The molecule has 2 aliphatic heterocycles. The van der Waals surface area contributed by atoms with E-state index in [0.717, 1.165) is 31.5 Å². The minimum Gasteiger partial charge on any atom is -0.374 e. The van der Waals surface area contributed by atoms with Gasteiger partial charge in [-0.25, -0.2) is 0 Å². The lowest BCUT2D eigenvalue weighted by atomic mass is 10.0. The molecule has 6 heteroatoms. The van der Waals surface area contributed by atoms with Crippen molar-refractivity contribution in [3.05, 3.63) is 71.8 Å². The third-order valence-electron chi connectivity index (χ3n) is 5.84. The summed E-state index contributed by atoms with van der Waals surface area (Å²) in [5.74, 6) is -0.104. The highest BCUT2D eigenvalue weighted by atomic mass is 16.5. The zero-order valence-electron chi connectivity index (χ0n) is 17.2. The van der Waals surface area contributed by atoms with E-state index in [9.17, 15) is 9.59 Å². The molecule has 2 amide bonds. The normalized spacial score (nSPS) is 21.9. The summed E-state index contributed by atoms with van der Waals surface area (Å²) in [5.41, 5.74) is 2.38. The summed E-state index contributed by atoms with van der Waals surface area (Å²) in [4.78, 5) is 29.6. The van der Waals surface area contributed by atoms with Crippen LogP contribution in [0.2, 0.25) is 0 Å². The number of ether oxygens (including phenoxy) is 1. The van der Waals surface area contributed by atoms with Crippen LogP contribution < -0.4 is 5.32 Å². The number of hydrogen-bond acceptors (Lipinski definition) is 4. The van der Waals surface area contributed by atoms with Crippen molar-refractivity contribution < 1.29 is 14.3 Å². The number of benzene rings is 2. The Morgan fingerprint density at radius 2 is 1.63 bits per heavy atom. The number of carbonyl (C=O) groups excluding carboxylic acids is 2. The molecule has 2 aromatic carbocycles. The maximum atomic E-state index is 12.9. The van der Waals surface area contributed by atoms with Gasteiger partial charge in [0.05, 0.1) is 13.2 Å². The van der Waals surface area contributed by atoms with Crippen LogP contribution in [0.1, 0.15) is 17.5 Å². The smallest absolute Gasteiger partial charge is 0.248 e. The summed E-state index contributed by atoms with van der Waals surface area (Å²) < 4.78 is 5.70.